The highest BCUT2D eigenvalue weighted by atomic mass is 16.5. The van der Waals surface area contributed by atoms with E-state index in [4.69, 9.17) is 5.73 Å². The second-order valence-electron chi connectivity index (χ2n) is 2.82. The topological polar surface area (TPSA) is 108 Å². The van der Waals surface area contributed by atoms with Gasteiger partial charge >= 0.3 is 18.0 Å². The Labute approximate surface area is 93.3 Å². The van der Waals surface area contributed by atoms with E-state index < -0.39 is 24.0 Å². The summed E-state index contributed by atoms with van der Waals surface area (Å²) in [6.45, 7) is 3.60. The minimum Gasteiger partial charge on any atom is -0.466 e. The fourth-order valence-corrected chi connectivity index (χ4v) is 0.994. The summed E-state index contributed by atoms with van der Waals surface area (Å²) in [6.07, 6.45) is -0.296. The van der Waals surface area contributed by atoms with Gasteiger partial charge in [0.25, 0.3) is 0 Å². The Hall–Kier alpha value is -1.79. The molecule has 0 heterocycles. The molecule has 0 aromatic rings. The number of urea groups is 1. The Balaban J connectivity index is 4.36. The number of amides is 2. The van der Waals surface area contributed by atoms with Crippen LogP contribution in [0.3, 0.4) is 0 Å². The van der Waals surface area contributed by atoms with E-state index in [2.05, 4.69) is 14.8 Å². The number of nitrogens with two attached hydrogens (primary N) is 1. The van der Waals surface area contributed by atoms with Crippen molar-refractivity contribution in [2.24, 2.45) is 5.73 Å². The first kappa shape index (κ1) is 14.2. The number of primary amides is 1. The van der Waals surface area contributed by atoms with E-state index in [1.165, 1.54) is 0 Å². The molecule has 1 unspecified atom stereocenters. The highest BCUT2D eigenvalue weighted by Gasteiger charge is 2.24. The predicted octanol–water partition coefficient (Wildman–Crippen LogP) is -0.460. The van der Waals surface area contributed by atoms with Crippen LogP contribution >= 0.6 is 0 Å². The zero-order chi connectivity index (χ0) is 12.6. The van der Waals surface area contributed by atoms with Gasteiger partial charge in [0.05, 0.1) is 19.6 Å². The van der Waals surface area contributed by atoms with Crippen LogP contribution in [0.2, 0.25) is 0 Å². The maximum atomic E-state index is 11.3. The number of carbonyl (C=O) groups is 3. The predicted molar refractivity (Wildman–Crippen MR) is 54.4 cm³/mol. The van der Waals surface area contributed by atoms with Gasteiger partial charge in [-0.05, 0) is 13.8 Å². The molecule has 2 amide bonds. The molecule has 7 nitrogen and oxygen atoms in total. The van der Waals surface area contributed by atoms with E-state index in [0.29, 0.717) is 0 Å². The quantitative estimate of drug-likeness (QED) is 0.602. The monoisotopic (exact) mass is 232 g/mol. The number of ether oxygens (including phenoxy) is 2. The third-order valence-electron chi connectivity index (χ3n) is 1.56. The first-order valence-electron chi connectivity index (χ1n) is 4.89. The van der Waals surface area contributed by atoms with Gasteiger partial charge in [-0.25, -0.2) is 9.59 Å². The largest absolute Gasteiger partial charge is 0.466 e. The molecule has 0 aromatic carbocycles. The normalized spacial score (nSPS) is 11.4. The van der Waals surface area contributed by atoms with Crippen LogP contribution in [0.4, 0.5) is 4.79 Å². The van der Waals surface area contributed by atoms with Crippen molar-refractivity contribution in [3.05, 3.63) is 0 Å². The van der Waals surface area contributed by atoms with Crippen molar-refractivity contribution in [1.29, 1.82) is 0 Å². The number of esters is 2. The minimum absolute atomic E-state index is 0.151. The fourth-order valence-electron chi connectivity index (χ4n) is 0.994. The van der Waals surface area contributed by atoms with Gasteiger partial charge in [0.2, 0.25) is 0 Å². The Bertz CT molecular complexity index is 267. The van der Waals surface area contributed by atoms with Gasteiger partial charge in [-0.15, -0.1) is 0 Å². The lowest BCUT2D eigenvalue weighted by Gasteiger charge is -2.14. The first-order chi connectivity index (χ1) is 7.51. The summed E-state index contributed by atoms with van der Waals surface area (Å²) in [7, 11) is 0. The third-order valence-corrected chi connectivity index (χ3v) is 1.56. The van der Waals surface area contributed by atoms with Gasteiger partial charge in [-0.1, -0.05) is 0 Å². The zero-order valence-corrected chi connectivity index (χ0v) is 9.32. The molecule has 0 fully saturated rings. The molecular weight excluding hydrogens is 216 g/mol. The summed E-state index contributed by atoms with van der Waals surface area (Å²) in [5.41, 5.74) is 4.87. The van der Waals surface area contributed by atoms with E-state index in [1.54, 1.807) is 13.8 Å². The van der Waals surface area contributed by atoms with Crippen LogP contribution < -0.4 is 11.1 Å². The lowest BCUT2D eigenvalue weighted by Crippen LogP contribution is -2.45. The average molecular weight is 232 g/mol. The maximum Gasteiger partial charge on any atom is 0.329 e. The van der Waals surface area contributed by atoms with Crippen molar-refractivity contribution in [2.45, 2.75) is 26.3 Å². The third kappa shape index (κ3) is 5.84. The second-order valence-corrected chi connectivity index (χ2v) is 2.82. The van der Waals surface area contributed by atoms with Gasteiger partial charge in [-0.2, -0.15) is 0 Å². The van der Waals surface area contributed by atoms with Crippen molar-refractivity contribution in [1.82, 2.24) is 5.32 Å². The van der Waals surface area contributed by atoms with Crippen LogP contribution in [0.25, 0.3) is 0 Å². The number of rotatable bonds is 6. The summed E-state index contributed by atoms with van der Waals surface area (Å²) >= 11 is 0. The molecule has 0 spiro atoms. The number of carbonyl (C=O) groups excluding carboxylic acids is 3. The highest BCUT2D eigenvalue weighted by Crippen LogP contribution is 1.98. The molecule has 0 aliphatic carbocycles. The Morgan fingerprint density at radius 2 is 1.75 bits per heavy atom. The standard InChI is InChI=1S/C9H16N2O5/c1-3-15-7(12)5-6(11-9(10)14)8(13)16-4-2/h6H,3-5H2,1-2H3,(H3,10,11,14). The Morgan fingerprint density at radius 3 is 2.19 bits per heavy atom. The van der Waals surface area contributed by atoms with E-state index >= 15 is 0 Å². The molecule has 0 aliphatic heterocycles. The SMILES string of the molecule is CCOC(=O)CC(NC(N)=O)C(=O)OCC. The van der Waals surface area contributed by atoms with Crippen LogP contribution in [0.15, 0.2) is 0 Å². The maximum absolute atomic E-state index is 11.3. The molecule has 0 aliphatic rings. The number of hydrogen-bond acceptors (Lipinski definition) is 5. The second kappa shape index (κ2) is 7.49. The van der Waals surface area contributed by atoms with Crippen LogP contribution in [-0.2, 0) is 19.1 Å². The molecule has 0 saturated heterocycles. The summed E-state index contributed by atoms with van der Waals surface area (Å²) in [6, 6.07) is -2.00. The van der Waals surface area contributed by atoms with Crippen molar-refractivity contribution in [3.63, 3.8) is 0 Å². The highest BCUT2D eigenvalue weighted by molar-refractivity contribution is 5.87. The lowest BCUT2D eigenvalue weighted by atomic mass is 10.2. The van der Waals surface area contributed by atoms with Crippen molar-refractivity contribution in [3.8, 4) is 0 Å². The van der Waals surface area contributed by atoms with Crippen LogP contribution in [0.1, 0.15) is 20.3 Å². The molecule has 0 aromatic heterocycles. The lowest BCUT2D eigenvalue weighted by molar-refractivity contribution is -0.151. The fraction of sp³-hybridized carbons (Fsp3) is 0.667. The average Bonchev–Trinajstić information content (AvgIpc) is 2.16. The molecule has 0 bridgehead atoms. The number of hydrogen-bond donors (Lipinski definition) is 2. The zero-order valence-electron chi connectivity index (χ0n) is 9.32. The van der Waals surface area contributed by atoms with Crippen LogP contribution in [0.5, 0.6) is 0 Å². The summed E-state index contributed by atoms with van der Waals surface area (Å²) in [5.74, 6) is -1.32. The molecular formula is C9H16N2O5. The first-order valence-corrected chi connectivity index (χ1v) is 4.89. The Kier molecular flexibility index (Phi) is 6.66. The molecule has 7 heteroatoms. The molecule has 0 rings (SSSR count). The van der Waals surface area contributed by atoms with Crippen molar-refractivity contribution < 1.29 is 23.9 Å². The van der Waals surface area contributed by atoms with E-state index in [1.807, 2.05) is 0 Å². The number of nitrogens with one attached hydrogen (secondary N) is 1. The molecule has 0 saturated carbocycles. The van der Waals surface area contributed by atoms with E-state index in [9.17, 15) is 14.4 Å². The molecule has 3 N–H and O–H groups in total. The van der Waals surface area contributed by atoms with E-state index in [0.717, 1.165) is 0 Å². The van der Waals surface area contributed by atoms with Gasteiger partial charge in [0, 0.05) is 0 Å². The van der Waals surface area contributed by atoms with Crippen molar-refractivity contribution >= 4 is 18.0 Å². The molecule has 92 valence electrons. The van der Waals surface area contributed by atoms with Gasteiger partial charge in [-0.3, -0.25) is 4.79 Å². The summed E-state index contributed by atoms with van der Waals surface area (Å²) in [5, 5.41) is 2.12. The van der Waals surface area contributed by atoms with Gasteiger partial charge < -0.3 is 20.5 Å². The molecule has 0 radical (unpaired) electrons. The van der Waals surface area contributed by atoms with Gasteiger partial charge in [0.1, 0.15) is 6.04 Å². The smallest absolute Gasteiger partial charge is 0.329 e. The van der Waals surface area contributed by atoms with Crippen molar-refractivity contribution in [2.75, 3.05) is 13.2 Å². The summed E-state index contributed by atoms with van der Waals surface area (Å²) < 4.78 is 9.31. The van der Waals surface area contributed by atoms with Crippen LogP contribution in [0, 0.1) is 0 Å². The van der Waals surface area contributed by atoms with Gasteiger partial charge in [0.15, 0.2) is 0 Å². The van der Waals surface area contributed by atoms with Crippen LogP contribution in [-0.4, -0.2) is 37.2 Å². The minimum atomic E-state index is -1.10. The molecule has 1 atom stereocenters. The summed E-state index contributed by atoms with van der Waals surface area (Å²) in [4.78, 5) is 33.0. The molecule has 16 heavy (non-hydrogen) atoms. The Morgan fingerprint density at radius 1 is 1.19 bits per heavy atom. The van der Waals surface area contributed by atoms with E-state index in [-0.39, 0.29) is 19.6 Å².